The molecular formula is C27H18BrF4IN4. The number of benzene rings is 3. The lowest BCUT2D eigenvalue weighted by atomic mass is 9.80. The highest BCUT2D eigenvalue weighted by Gasteiger charge is 2.40. The van der Waals surface area contributed by atoms with Crippen molar-refractivity contribution in [3.8, 4) is 0 Å². The summed E-state index contributed by atoms with van der Waals surface area (Å²) in [6.45, 7) is 0. The van der Waals surface area contributed by atoms with E-state index in [2.05, 4.69) is 58.8 Å². The summed E-state index contributed by atoms with van der Waals surface area (Å²) in [5.41, 5.74) is 0.184. The molecule has 0 fully saturated rings. The summed E-state index contributed by atoms with van der Waals surface area (Å²) >= 11 is 5.54. The van der Waals surface area contributed by atoms with E-state index in [1.807, 2.05) is 54.6 Å². The fourth-order valence-electron chi connectivity index (χ4n) is 4.29. The first-order chi connectivity index (χ1) is 17.6. The number of alkyl halides is 3. The van der Waals surface area contributed by atoms with Crippen LogP contribution in [0.3, 0.4) is 0 Å². The van der Waals surface area contributed by atoms with Gasteiger partial charge in [0.05, 0.1) is 22.3 Å². The number of rotatable bonds is 6. The molecule has 188 valence electrons. The van der Waals surface area contributed by atoms with Crippen LogP contribution in [0.4, 0.5) is 23.5 Å². The number of hydrogen-bond acceptors (Lipinski definition) is 3. The van der Waals surface area contributed by atoms with Crippen LogP contribution in [0, 0.1) is 9.39 Å². The lowest BCUT2D eigenvalue weighted by molar-refractivity contribution is -0.137. The zero-order valence-corrected chi connectivity index (χ0v) is 22.7. The summed E-state index contributed by atoms with van der Waals surface area (Å²) in [5.74, 6) is -0.690. The van der Waals surface area contributed by atoms with Crippen molar-refractivity contribution in [3.63, 3.8) is 0 Å². The quantitative estimate of drug-likeness (QED) is 0.141. The molecule has 4 nitrogen and oxygen atoms in total. The van der Waals surface area contributed by atoms with E-state index in [9.17, 15) is 17.6 Å². The van der Waals surface area contributed by atoms with E-state index in [4.69, 9.17) is 0 Å². The van der Waals surface area contributed by atoms with E-state index >= 15 is 0 Å². The zero-order chi connectivity index (χ0) is 26.2. The molecule has 0 saturated heterocycles. The summed E-state index contributed by atoms with van der Waals surface area (Å²) in [7, 11) is 0. The monoisotopic (exact) mass is 680 g/mol. The molecule has 2 aromatic heterocycles. The molecule has 0 saturated carbocycles. The van der Waals surface area contributed by atoms with Gasteiger partial charge in [0.2, 0.25) is 5.95 Å². The van der Waals surface area contributed by atoms with Crippen LogP contribution < -0.4 is 5.32 Å². The molecule has 0 unspecified atom stereocenters. The Labute approximate surface area is 231 Å². The van der Waals surface area contributed by atoms with E-state index in [-0.39, 0.29) is 12.0 Å². The fourth-order valence-corrected chi connectivity index (χ4v) is 4.97. The van der Waals surface area contributed by atoms with Gasteiger partial charge in [0.25, 0.3) is 0 Å². The molecule has 2 N–H and O–H groups in total. The summed E-state index contributed by atoms with van der Waals surface area (Å²) in [6, 6.07) is 20.9. The number of nitrogens with zero attached hydrogens (tertiary/aromatic N) is 2. The Morgan fingerprint density at radius 1 is 0.919 bits per heavy atom. The highest BCUT2D eigenvalue weighted by Crippen LogP contribution is 2.40. The number of anilines is 1. The minimum Gasteiger partial charge on any atom is -0.340 e. The molecule has 1 atom stereocenters. The Balaban J connectivity index is 1.77. The van der Waals surface area contributed by atoms with Gasteiger partial charge in [-0.15, -0.1) is 0 Å². The maximum absolute atomic E-state index is 14.8. The van der Waals surface area contributed by atoms with Gasteiger partial charge in [-0.25, -0.2) is 9.37 Å². The Hall–Kier alpha value is -2.99. The molecule has 2 heterocycles. The molecule has 5 aromatic rings. The number of pyridine rings is 1. The van der Waals surface area contributed by atoms with Crippen molar-refractivity contribution in [1.29, 1.82) is 0 Å². The standard InChI is InChI=1S/C27H18BrF4IN4/c28-19-6-8-22-23(13-19)36-25(35-22)37-26(14-16-4-2-1-3-5-16,24-9-7-21(33)15-34-24)17-10-18(27(30,31)32)12-20(29)11-17/h1-13,15H,14H2,(H2,35,36,37)/t26-/m1/s1. The molecule has 0 bridgehead atoms. The van der Waals surface area contributed by atoms with E-state index in [1.165, 1.54) is 0 Å². The van der Waals surface area contributed by atoms with Crippen LogP contribution in [0.15, 0.2) is 89.5 Å². The Morgan fingerprint density at radius 2 is 1.68 bits per heavy atom. The topological polar surface area (TPSA) is 53.6 Å². The number of hydrogen-bond donors (Lipinski definition) is 2. The number of nitrogens with one attached hydrogen (secondary N) is 2. The van der Waals surface area contributed by atoms with Crippen molar-refractivity contribution in [2.75, 3.05) is 5.32 Å². The van der Waals surface area contributed by atoms with Gasteiger partial charge in [0, 0.05) is 20.7 Å². The van der Waals surface area contributed by atoms with Crippen LogP contribution in [0.1, 0.15) is 22.4 Å². The summed E-state index contributed by atoms with van der Waals surface area (Å²) in [4.78, 5) is 12.4. The Bertz CT molecular complexity index is 1560. The molecule has 3 aromatic carbocycles. The van der Waals surface area contributed by atoms with Gasteiger partial charge in [0.15, 0.2) is 0 Å². The minimum absolute atomic E-state index is 0.0685. The first kappa shape index (κ1) is 25.7. The highest BCUT2D eigenvalue weighted by molar-refractivity contribution is 14.1. The van der Waals surface area contributed by atoms with Crippen molar-refractivity contribution in [3.05, 3.63) is 121 Å². The van der Waals surface area contributed by atoms with E-state index < -0.39 is 23.1 Å². The van der Waals surface area contributed by atoms with Crippen molar-refractivity contribution in [1.82, 2.24) is 15.0 Å². The second kappa shape index (κ2) is 10.1. The highest BCUT2D eigenvalue weighted by atomic mass is 127. The molecule has 0 radical (unpaired) electrons. The van der Waals surface area contributed by atoms with Crippen LogP contribution in [-0.4, -0.2) is 15.0 Å². The van der Waals surface area contributed by atoms with Gasteiger partial charge >= 0.3 is 6.18 Å². The summed E-state index contributed by atoms with van der Waals surface area (Å²) in [6.07, 6.45) is -2.94. The van der Waals surface area contributed by atoms with E-state index in [0.29, 0.717) is 23.2 Å². The fraction of sp³-hybridized carbons (Fsp3) is 0.111. The number of halogens is 6. The SMILES string of the molecule is Fc1cc(C(F)(F)F)cc([C@@](Cc2ccccc2)(Nc2nc3ccc(Br)cc3[nH]2)c2ccc(I)cn2)c1. The number of aromatic nitrogens is 3. The summed E-state index contributed by atoms with van der Waals surface area (Å²) < 4.78 is 57.9. The molecule has 0 aliphatic heterocycles. The smallest absolute Gasteiger partial charge is 0.340 e. The molecular weight excluding hydrogens is 663 g/mol. The van der Waals surface area contributed by atoms with Crippen molar-refractivity contribution in [2.24, 2.45) is 0 Å². The van der Waals surface area contributed by atoms with Gasteiger partial charge in [-0.2, -0.15) is 13.2 Å². The third-order valence-electron chi connectivity index (χ3n) is 5.97. The maximum atomic E-state index is 14.8. The first-order valence-corrected chi connectivity index (χ1v) is 13.0. The first-order valence-electron chi connectivity index (χ1n) is 11.1. The molecule has 0 aliphatic carbocycles. The van der Waals surface area contributed by atoms with E-state index in [1.54, 1.807) is 12.3 Å². The Morgan fingerprint density at radius 3 is 2.38 bits per heavy atom. The van der Waals surface area contributed by atoms with Gasteiger partial charge < -0.3 is 10.3 Å². The largest absolute Gasteiger partial charge is 0.416 e. The van der Waals surface area contributed by atoms with Crippen LogP contribution >= 0.6 is 38.5 Å². The molecule has 0 aliphatic rings. The second-order valence-corrected chi connectivity index (χ2v) is 10.7. The van der Waals surface area contributed by atoms with Gasteiger partial charge in [-0.3, -0.25) is 4.98 Å². The number of aromatic amines is 1. The number of imidazole rings is 1. The number of H-pyrrole nitrogens is 1. The molecule has 0 amide bonds. The number of fused-ring (bicyclic) bond motifs is 1. The van der Waals surface area contributed by atoms with Crippen LogP contribution in [0.5, 0.6) is 0 Å². The maximum Gasteiger partial charge on any atom is 0.416 e. The molecule has 0 spiro atoms. The van der Waals surface area contributed by atoms with E-state index in [0.717, 1.165) is 31.3 Å². The van der Waals surface area contributed by atoms with Crippen LogP contribution in [0.2, 0.25) is 0 Å². The Kier molecular flexibility index (Phi) is 6.97. The van der Waals surface area contributed by atoms with Crippen LogP contribution in [0.25, 0.3) is 11.0 Å². The van der Waals surface area contributed by atoms with Gasteiger partial charge in [-0.05, 0) is 82.2 Å². The zero-order valence-electron chi connectivity index (χ0n) is 19.0. The molecule has 10 heteroatoms. The average molecular weight is 681 g/mol. The third-order valence-corrected chi connectivity index (χ3v) is 7.10. The predicted molar refractivity (Wildman–Crippen MR) is 147 cm³/mol. The van der Waals surface area contributed by atoms with Crippen molar-refractivity contribution < 1.29 is 17.6 Å². The van der Waals surface area contributed by atoms with Gasteiger partial charge in [-0.1, -0.05) is 46.3 Å². The van der Waals surface area contributed by atoms with Crippen molar-refractivity contribution >= 4 is 55.5 Å². The summed E-state index contributed by atoms with van der Waals surface area (Å²) in [5, 5.41) is 3.33. The lowest BCUT2D eigenvalue weighted by Gasteiger charge is -2.36. The minimum atomic E-state index is -4.74. The average Bonchev–Trinajstić information content (AvgIpc) is 3.25. The third kappa shape index (κ3) is 5.49. The predicted octanol–water partition coefficient (Wildman–Crippen LogP) is 8.08. The van der Waals surface area contributed by atoms with Crippen LogP contribution in [-0.2, 0) is 18.1 Å². The molecule has 5 rings (SSSR count). The second-order valence-electron chi connectivity index (χ2n) is 8.53. The lowest BCUT2D eigenvalue weighted by Crippen LogP contribution is -2.40. The normalized spacial score (nSPS) is 13.5. The van der Waals surface area contributed by atoms with Gasteiger partial charge in [0.1, 0.15) is 11.4 Å². The van der Waals surface area contributed by atoms with Crippen molar-refractivity contribution in [2.45, 2.75) is 18.1 Å². The molecule has 37 heavy (non-hydrogen) atoms.